The number of rotatable bonds is 8. The van der Waals surface area contributed by atoms with Crippen LogP contribution in [0, 0.1) is 0 Å². The fourth-order valence-electron chi connectivity index (χ4n) is 2.56. The summed E-state index contributed by atoms with van der Waals surface area (Å²) in [6.45, 7) is 6.03. The summed E-state index contributed by atoms with van der Waals surface area (Å²) < 4.78 is 5.40. The van der Waals surface area contributed by atoms with Crippen LogP contribution in [-0.4, -0.2) is 19.7 Å². The number of hydrogen-bond acceptors (Lipinski definition) is 3. The van der Waals surface area contributed by atoms with Gasteiger partial charge in [-0.25, -0.2) is 0 Å². The lowest BCUT2D eigenvalue weighted by molar-refractivity contribution is 0.404. The second-order valence-electron chi connectivity index (χ2n) is 5.73. The Morgan fingerprint density at radius 2 is 1.64 bits per heavy atom. The monoisotopic (exact) mass is 298 g/mol. The predicted octanol–water partition coefficient (Wildman–Crippen LogP) is 3.52. The fourth-order valence-corrected chi connectivity index (χ4v) is 2.56. The van der Waals surface area contributed by atoms with Gasteiger partial charge in [-0.1, -0.05) is 62.4 Å². The standard InChI is InChI=1S/C19H26N2O/c1-15(2)21-18(16-9-5-4-6-10-16)14-20-13-17-11-7-8-12-19(17)22-3/h4-12,15,18,20-21H,13-14H2,1-3H3. The maximum absolute atomic E-state index is 5.40. The highest BCUT2D eigenvalue weighted by Crippen LogP contribution is 2.17. The van der Waals surface area contributed by atoms with Crippen LogP contribution in [0.15, 0.2) is 54.6 Å². The van der Waals surface area contributed by atoms with Crippen LogP contribution < -0.4 is 15.4 Å². The van der Waals surface area contributed by atoms with Crippen LogP contribution in [0.1, 0.15) is 31.0 Å². The fraction of sp³-hybridized carbons (Fsp3) is 0.368. The van der Waals surface area contributed by atoms with E-state index in [-0.39, 0.29) is 0 Å². The molecule has 1 unspecified atom stereocenters. The largest absolute Gasteiger partial charge is 0.496 e. The van der Waals surface area contributed by atoms with Crippen molar-refractivity contribution in [2.24, 2.45) is 0 Å². The Hall–Kier alpha value is -1.84. The molecule has 3 nitrogen and oxygen atoms in total. The first-order valence-electron chi connectivity index (χ1n) is 7.84. The molecule has 0 radical (unpaired) electrons. The van der Waals surface area contributed by atoms with Crippen LogP contribution in [0.4, 0.5) is 0 Å². The Bertz CT molecular complexity index is 554. The zero-order valence-electron chi connectivity index (χ0n) is 13.7. The third kappa shape index (κ3) is 4.86. The minimum Gasteiger partial charge on any atom is -0.496 e. The van der Waals surface area contributed by atoms with Crippen molar-refractivity contribution >= 4 is 0 Å². The first kappa shape index (κ1) is 16.5. The molecular formula is C19H26N2O. The Balaban J connectivity index is 1.97. The smallest absolute Gasteiger partial charge is 0.123 e. The lowest BCUT2D eigenvalue weighted by atomic mass is 10.1. The van der Waals surface area contributed by atoms with Gasteiger partial charge in [-0.2, -0.15) is 0 Å². The molecule has 0 saturated carbocycles. The van der Waals surface area contributed by atoms with E-state index in [0.717, 1.165) is 18.8 Å². The molecule has 2 aromatic carbocycles. The van der Waals surface area contributed by atoms with Gasteiger partial charge in [0.2, 0.25) is 0 Å². The number of ether oxygens (including phenoxy) is 1. The van der Waals surface area contributed by atoms with Gasteiger partial charge in [0, 0.05) is 30.7 Å². The summed E-state index contributed by atoms with van der Waals surface area (Å²) in [5.74, 6) is 0.933. The molecule has 3 heteroatoms. The van der Waals surface area contributed by atoms with Gasteiger partial charge >= 0.3 is 0 Å². The second-order valence-corrected chi connectivity index (χ2v) is 5.73. The molecule has 0 aliphatic rings. The number of methoxy groups -OCH3 is 1. The molecule has 0 fully saturated rings. The van der Waals surface area contributed by atoms with Crippen molar-refractivity contribution in [2.45, 2.75) is 32.5 Å². The molecule has 0 heterocycles. The maximum Gasteiger partial charge on any atom is 0.123 e. The third-order valence-corrected chi connectivity index (χ3v) is 3.59. The molecule has 2 aromatic rings. The first-order chi connectivity index (χ1) is 10.7. The van der Waals surface area contributed by atoms with Gasteiger partial charge < -0.3 is 15.4 Å². The van der Waals surface area contributed by atoms with E-state index < -0.39 is 0 Å². The normalized spacial score (nSPS) is 12.4. The molecule has 0 aliphatic carbocycles. The van der Waals surface area contributed by atoms with Crippen LogP contribution in [-0.2, 0) is 6.54 Å². The highest BCUT2D eigenvalue weighted by molar-refractivity contribution is 5.33. The molecule has 0 saturated heterocycles. The zero-order valence-corrected chi connectivity index (χ0v) is 13.7. The lowest BCUT2D eigenvalue weighted by Crippen LogP contribution is -2.35. The molecule has 2 N–H and O–H groups in total. The van der Waals surface area contributed by atoms with Crippen LogP contribution in [0.2, 0.25) is 0 Å². The summed E-state index contributed by atoms with van der Waals surface area (Å²) in [6, 6.07) is 19.4. The minimum atomic E-state index is 0.302. The Morgan fingerprint density at radius 3 is 2.32 bits per heavy atom. The van der Waals surface area contributed by atoms with Gasteiger partial charge in [-0.05, 0) is 11.6 Å². The second kappa shape index (κ2) is 8.57. The molecule has 0 aromatic heterocycles. The van der Waals surface area contributed by atoms with E-state index in [9.17, 15) is 0 Å². The summed E-state index contributed by atoms with van der Waals surface area (Å²) in [5, 5.41) is 7.16. The van der Waals surface area contributed by atoms with E-state index in [1.807, 2.05) is 18.2 Å². The van der Waals surface area contributed by atoms with Gasteiger partial charge in [0.1, 0.15) is 5.75 Å². The summed E-state index contributed by atoms with van der Waals surface area (Å²) >= 11 is 0. The molecule has 0 bridgehead atoms. The molecule has 118 valence electrons. The van der Waals surface area contributed by atoms with Crippen LogP contribution in [0.25, 0.3) is 0 Å². The van der Waals surface area contributed by atoms with Crippen LogP contribution >= 0.6 is 0 Å². The number of benzene rings is 2. The maximum atomic E-state index is 5.40. The van der Waals surface area contributed by atoms with Crippen molar-refractivity contribution < 1.29 is 4.74 Å². The third-order valence-electron chi connectivity index (χ3n) is 3.59. The van der Waals surface area contributed by atoms with Crippen molar-refractivity contribution in [3.05, 3.63) is 65.7 Å². The summed E-state index contributed by atoms with van der Waals surface area (Å²) in [5.41, 5.74) is 2.49. The van der Waals surface area contributed by atoms with Crippen molar-refractivity contribution in [3.63, 3.8) is 0 Å². The number of hydrogen-bond donors (Lipinski definition) is 2. The first-order valence-corrected chi connectivity index (χ1v) is 7.84. The van der Waals surface area contributed by atoms with Gasteiger partial charge in [-0.3, -0.25) is 0 Å². The van der Waals surface area contributed by atoms with Crippen molar-refractivity contribution in [3.8, 4) is 5.75 Å². The summed E-state index contributed by atoms with van der Waals surface area (Å²) in [6.07, 6.45) is 0. The van der Waals surface area contributed by atoms with E-state index in [2.05, 4.69) is 60.9 Å². The van der Waals surface area contributed by atoms with Gasteiger partial charge in [0.15, 0.2) is 0 Å². The van der Waals surface area contributed by atoms with E-state index in [1.54, 1.807) is 7.11 Å². The van der Waals surface area contributed by atoms with E-state index in [4.69, 9.17) is 4.74 Å². The van der Waals surface area contributed by atoms with Crippen molar-refractivity contribution in [2.75, 3.05) is 13.7 Å². The molecular weight excluding hydrogens is 272 g/mol. The van der Waals surface area contributed by atoms with Crippen LogP contribution in [0.5, 0.6) is 5.75 Å². The van der Waals surface area contributed by atoms with Crippen molar-refractivity contribution in [1.82, 2.24) is 10.6 Å². The SMILES string of the molecule is COc1ccccc1CNCC(NC(C)C)c1ccccc1. The average molecular weight is 298 g/mol. The number of nitrogens with one attached hydrogen (secondary N) is 2. The minimum absolute atomic E-state index is 0.302. The van der Waals surface area contributed by atoms with E-state index in [1.165, 1.54) is 11.1 Å². The zero-order chi connectivity index (χ0) is 15.8. The molecule has 2 rings (SSSR count). The van der Waals surface area contributed by atoms with Gasteiger partial charge in [-0.15, -0.1) is 0 Å². The molecule has 22 heavy (non-hydrogen) atoms. The highest BCUT2D eigenvalue weighted by atomic mass is 16.5. The Labute approximate surface area is 133 Å². The molecule has 0 spiro atoms. The van der Waals surface area contributed by atoms with E-state index >= 15 is 0 Å². The average Bonchev–Trinajstić information content (AvgIpc) is 2.55. The van der Waals surface area contributed by atoms with Crippen LogP contribution in [0.3, 0.4) is 0 Å². The quantitative estimate of drug-likeness (QED) is 0.782. The number of para-hydroxylation sites is 1. The van der Waals surface area contributed by atoms with E-state index in [0.29, 0.717) is 12.1 Å². The summed E-state index contributed by atoms with van der Waals surface area (Å²) in [7, 11) is 1.71. The topological polar surface area (TPSA) is 33.3 Å². The predicted molar refractivity (Wildman–Crippen MR) is 92.2 cm³/mol. The lowest BCUT2D eigenvalue weighted by Gasteiger charge is -2.22. The van der Waals surface area contributed by atoms with Gasteiger partial charge in [0.05, 0.1) is 7.11 Å². The molecule has 1 atom stereocenters. The Morgan fingerprint density at radius 1 is 0.955 bits per heavy atom. The molecule has 0 amide bonds. The molecule has 0 aliphatic heterocycles. The summed E-state index contributed by atoms with van der Waals surface area (Å²) in [4.78, 5) is 0. The van der Waals surface area contributed by atoms with Gasteiger partial charge in [0.25, 0.3) is 0 Å². The highest BCUT2D eigenvalue weighted by Gasteiger charge is 2.12. The van der Waals surface area contributed by atoms with Crippen molar-refractivity contribution in [1.29, 1.82) is 0 Å². The Kier molecular flexibility index (Phi) is 6.44.